The zero-order valence-electron chi connectivity index (χ0n) is 10.2. The molecule has 1 rings (SSSR count). The van der Waals surface area contributed by atoms with E-state index in [9.17, 15) is 4.79 Å². The Labute approximate surface area is 123 Å². The van der Waals surface area contributed by atoms with Crippen LogP contribution in [-0.4, -0.2) is 11.7 Å². The summed E-state index contributed by atoms with van der Waals surface area (Å²) in [6.07, 6.45) is -0.595. The number of nitriles is 1. The molecule has 0 fully saturated rings. The van der Waals surface area contributed by atoms with E-state index in [1.54, 1.807) is 32.9 Å². The van der Waals surface area contributed by atoms with E-state index in [1.165, 1.54) is 0 Å². The number of ether oxygens (including phenoxy) is 1. The lowest BCUT2D eigenvalue weighted by atomic mass is 10.2. The highest BCUT2D eigenvalue weighted by Gasteiger charge is 2.18. The molecule has 1 N–H and O–H groups in total. The van der Waals surface area contributed by atoms with E-state index in [4.69, 9.17) is 10.00 Å². The van der Waals surface area contributed by atoms with Crippen molar-refractivity contribution >= 4 is 43.6 Å². The summed E-state index contributed by atoms with van der Waals surface area (Å²) in [5.74, 6) is 0. The van der Waals surface area contributed by atoms with Crippen molar-refractivity contribution < 1.29 is 9.53 Å². The number of benzene rings is 1. The van der Waals surface area contributed by atoms with Crippen LogP contribution in [0.1, 0.15) is 26.3 Å². The van der Waals surface area contributed by atoms with E-state index >= 15 is 0 Å². The highest BCUT2D eigenvalue weighted by molar-refractivity contribution is 9.11. The van der Waals surface area contributed by atoms with Crippen molar-refractivity contribution in [2.75, 3.05) is 5.32 Å². The molecule has 1 aromatic carbocycles. The fourth-order valence-electron chi connectivity index (χ4n) is 1.19. The highest BCUT2D eigenvalue weighted by Crippen LogP contribution is 2.30. The summed E-state index contributed by atoms with van der Waals surface area (Å²) in [4.78, 5) is 11.7. The predicted octanol–water partition coefficient (Wildman–Crippen LogP) is 4.43. The highest BCUT2D eigenvalue weighted by atomic mass is 79.9. The molecule has 0 saturated heterocycles. The molecule has 0 unspecified atom stereocenters. The van der Waals surface area contributed by atoms with Gasteiger partial charge in [-0.25, -0.2) is 4.79 Å². The van der Waals surface area contributed by atoms with Crippen LogP contribution in [0.2, 0.25) is 0 Å². The zero-order chi connectivity index (χ0) is 13.9. The third-order valence-corrected chi connectivity index (χ3v) is 2.88. The number of hydrogen-bond acceptors (Lipinski definition) is 3. The monoisotopic (exact) mass is 374 g/mol. The van der Waals surface area contributed by atoms with Crippen molar-refractivity contribution in [1.29, 1.82) is 5.26 Å². The molecule has 0 saturated carbocycles. The van der Waals surface area contributed by atoms with Gasteiger partial charge < -0.3 is 4.74 Å². The Morgan fingerprint density at radius 2 is 2.00 bits per heavy atom. The molecule has 0 bridgehead atoms. The van der Waals surface area contributed by atoms with Crippen LogP contribution in [0.5, 0.6) is 0 Å². The first-order valence-corrected chi connectivity index (χ1v) is 6.70. The van der Waals surface area contributed by atoms with E-state index in [2.05, 4.69) is 37.2 Å². The van der Waals surface area contributed by atoms with Crippen LogP contribution in [0.4, 0.5) is 10.5 Å². The summed E-state index contributed by atoms with van der Waals surface area (Å²) in [5, 5.41) is 11.6. The number of carbonyl (C=O) groups excluding carboxylic acids is 1. The Bertz CT molecular complexity index is 516. The third-order valence-electron chi connectivity index (χ3n) is 1.80. The van der Waals surface area contributed by atoms with Crippen LogP contribution in [0, 0.1) is 11.3 Å². The van der Waals surface area contributed by atoms with Gasteiger partial charge in [-0.05, 0) is 48.8 Å². The summed E-state index contributed by atoms with van der Waals surface area (Å²) < 4.78 is 6.50. The molecule has 1 aromatic rings. The number of carbonyl (C=O) groups is 1. The van der Waals surface area contributed by atoms with Gasteiger partial charge in [0.05, 0.1) is 11.3 Å². The third kappa shape index (κ3) is 4.31. The Morgan fingerprint density at radius 1 is 1.39 bits per heavy atom. The second-order valence-electron chi connectivity index (χ2n) is 4.55. The van der Waals surface area contributed by atoms with Gasteiger partial charge in [0.1, 0.15) is 11.7 Å². The van der Waals surface area contributed by atoms with Crippen LogP contribution in [0.3, 0.4) is 0 Å². The molecule has 0 aliphatic carbocycles. The second kappa shape index (κ2) is 5.72. The maximum absolute atomic E-state index is 11.7. The first-order chi connectivity index (χ1) is 8.23. The first kappa shape index (κ1) is 15.0. The number of anilines is 1. The standard InChI is InChI=1S/C12H12Br2N2O2/c1-12(2,3)18-11(17)16-10-7(6-15)4-8(13)5-9(10)14/h4-5H,1-3H3,(H,16,17). The summed E-state index contributed by atoms with van der Waals surface area (Å²) in [7, 11) is 0. The minimum atomic E-state index is -0.595. The molecule has 0 atom stereocenters. The second-order valence-corrected chi connectivity index (χ2v) is 6.32. The number of amides is 1. The lowest BCUT2D eigenvalue weighted by Gasteiger charge is -2.20. The zero-order valence-corrected chi connectivity index (χ0v) is 13.3. The minimum Gasteiger partial charge on any atom is -0.444 e. The number of nitrogens with zero attached hydrogens (tertiary/aromatic N) is 1. The van der Waals surface area contributed by atoms with E-state index in [-0.39, 0.29) is 0 Å². The van der Waals surface area contributed by atoms with Crippen LogP contribution in [-0.2, 0) is 4.74 Å². The van der Waals surface area contributed by atoms with Gasteiger partial charge in [-0.3, -0.25) is 5.32 Å². The van der Waals surface area contributed by atoms with Crippen molar-refractivity contribution in [3.8, 4) is 6.07 Å². The average molecular weight is 376 g/mol. The van der Waals surface area contributed by atoms with Gasteiger partial charge in [-0.15, -0.1) is 0 Å². The molecular formula is C12H12Br2N2O2. The van der Waals surface area contributed by atoms with E-state index in [0.29, 0.717) is 15.7 Å². The Morgan fingerprint density at radius 3 is 2.50 bits per heavy atom. The van der Waals surface area contributed by atoms with Gasteiger partial charge in [0, 0.05) is 8.95 Å². The first-order valence-electron chi connectivity index (χ1n) is 5.12. The van der Waals surface area contributed by atoms with Crippen LogP contribution >= 0.6 is 31.9 Å². The Kier molecular flexibility index (Phi) is 4.77. The Hall–Kier alpha value is -1.06. The summed E-state index contributed by atoms with van der Waals surface area (Å²) >= 11 is 6.57. The van der Waals surface area contributed by atoms with Crippen LogP contribution < -0.4 is 5.32 Å². The van der Waals surface area contributed by atoms with Crippen molar-refractivity contribution in [3.05, 3.63) is 26.6 Å². The maximum atomic E-state index is 11.7. The summed E-state index contributed by atoms with van der Waals surface area (Å²) in [6.45, 7) is 5.32. The van der Waals surface area contributed by atoms with E-state index in [0.717, 1.165) is 4.47 Å². The van der Waals surface area contributed by atoms with E-state index in [1.807, 2.05) is 6.07 Å². The quantitative estimate of drug-likeness (QED) is 0.789. The molecule has 0 aliphatic heterocycles. The molecule has 0 aromatic heterocycles. The van der Waals surface area contributed by atoms with Crippen LogP contribution in [0.15, 0.2) is 21.1 Å². The van der Waals surface area contributed by atoms with Crippen molar-refractivity contribution in [1.82, 2.24) is 0 Å². The lowest BCUT2D eigenvalue weighted by molar-refractivity contribution is 0.0636. The fraction of sp³-hybridized carbons (Fsp3) is 0.333. The molecule has 96 valence electrons. The fourth-order valence-corrected chi connectivity index (χ4v) is 2.52. The molecule has 0 spiro atoms. The SMILES string of the molecule is CC(C)(C)OC(=O)Nc1c(Br)cc(Br)cc1C#N. The minimum absolute atomic E-state index is 0.349. The predicted molar refractivity (Wildman–Crippen MR) is 76.4 cm³/mol. The molecule has 4 nitrogen and oxygen atoms in total. The number of nitrogens with one attached hydrogen (secondary N) is 1. The smallest absolute Gasteiger partial charge is 0.412 e. The summed E-state index contributed by atoms with van der Waals surface area (Å²) in [5.41, 5.74) is 0.163. The number of halogens is 2. The van der Waals surface area contributed by atoms with E-state index < -0.39 is 11.7 Å². The number of rotatable bonds is 1. The van der Waals surface area contributed by atoms with Crippen molar-refractivity contribution in [2.45, 2.75) is 26.4 Å². The topological polar surface area (TPSA) is 62.1 Å². The maximum Gasteiger partial charge on any atom is 0.412 e. The van der Waals surface area contributed by atoms with Crippen molar-refractivity contribution in [3.63, 3.8) is 0 Å². The van der Waals surface area contributed by atoms with Crippen LogP contribution in [0.25, 0.3) is 0 Å². The lowest BCUT2D eigenvalue weighted by Crippen LogP contribution is -2.27. The van der Waals surface area contributed by atoms with Gasteiger partial charge in [-0.2, -0.15) is 5.26 Å². The van der Waals surface area contributed by atoms with Gasteiger partial charge >= 0.3 is 6.09 Å². The number of hydrogen-bond donors (Lipinski definition) is 1. The molecule has 6 heteroatoms. The Balaban J connectivity index is 2.98. The molecule has 0 heterocycles. The molecule has 0 radical (unpaired) electrons. The molecule has 18 heavy (non-hydrogen) atoms. The van der Waals surface area contributed by atoms with Gasteiger partial charge in [0.25, 0.3) is 0 Å². The average Bonchev–Trinajstić information content (AvgIpc) is 2.18. The van der Waals surface area contributed by atoms with Gasteiger partial charge in [0.2, 0.25) is 0 Å². The summed E-state index contributed by atoms with van der Waals surface area (Å²) in [6, 6.07) is 5.38. The molecule has 0 aliphatic rings. The largest absolute Gasteiger partial charge is 0.444 e. The van der Waals surface area contributed by atoms with Crippen molar-refractivity contribution in [2.24, 2.45) is 0 Å². The molecule has 1 amide bonds. The normalized spacial score (nSPS) is 10.7. The van der Waals surface area contributed by atoms with Gasteiger partial charge in [0.15, 0.2) is 0 Å². The molecular weight excluding hydrogens is 364 g/mol. The van der Waals surface area contributed by atoms with Gasteiger partial charge in [-0.1, -0.05) is 15.9 Å².